The van der Waals surface area contributed by atoms with Crippen LogP contribution in [0.15, 0.2) is 50.9 Å². The van der Waals surface area contributed by atoms with Crippen LogP contribution in [0.1, 0.15) is 32.9 Å². The number of aliphatic hydroxyl groups excluding tert-OH is 1. The zero-order valence-corrected chi connectivity index (χ0v) is 21.7. The van der Waals surface area contributed by atoms with Gasteiger partial charge in [-0.15, -0.1) is 0 Å². The summed E-state index contributed by atoms with van der Waals surface area (Å²) in [4.78, 5) is 48.1. The normalized spacial score (nSPS) is 25.7. The van der Waals surface area contributed by atoms with Gasteiger partial charge in [-0.2, -0.15) is 0 Å². The number of methoxy groups -OCH3 is 1. The van der Waals surface area contributed by atoms with Crippen molar-refractivity contribution in [3.05, 3.63) is 57.4 Å². The Morgan fingerprint density at radius 1 is 1.34 bits per heavy atom. The first-order valence-electron chi connectivity index (χ1n) is 11.6. The van der Waals surface area contributed by atoms with Crippen molar-refractivity contribution in [1.82, 2.24) is 9.55 Å². The summed E-state index contributed by atoms with van der Waals surface area (Å²) in [6.45, 7) is 1.90. The first kappa shape index (κ1) is 29.4. The molecule has 208 valence electrons. The maximum atomic E-state index is 15.2. The molecule has 15 heteroatoms. The van der Waals surface area contributed by atoms with E-state index < -0.39 is 55.5 Å². The molecule has 2 aliphatic rings. The van der Waals surface area contributed by atoms with Crippen LogP contribution in [0.3, 0.4) is 0 Å². The van der Waals surface area contributed by atoms with E-state index in [9.17, 15) is 24.4 Å². The molecule has 1 saturated carbocycles. The topological polar surface area (TPSA) is 185 Å². The predicted octanol–water partition coefficient (Wildman–Crippen LogP) is 1.10. The highest BCUT2D eigenvalue weighted by molar-refractivity contribution is 7.34. The number of para-hydroxylation sites is 2. The molecule has 1 aromatic carbocycles. The van der Waals surface area contributed by atoms with Gasteiger partial charge in [0.1, 0.15) is 18.8 Å². The van der Waals surface area contributed by atoms with Crippen LogP contribution in [-0.4, -0.2) is 69.5 Å². The Kier molecular flexibility index (Phi) is 9.74. The van der Waals surface area contributed by atoms with Crippen LogP contribution in [0.5, 0.6) is 11.5 Å². The number of alkyl halides is 1. The summed E-state index contributed by atoms with van der Waals surface area (Å²) in [6, 6.07) is 5.72. The number of hydrogen-bond acceptors (Lipinski definition) is 10. The zero-order valence-electron chi connectivity index (χ0n) is 20.9. The molecule has 1 unspecified atom stereocenters. The van der Waals surface area contributed by atoms with Gasteiger partial charge in [0.25, 0.3) is 5.56 Å². The van der Waals surface area contributed by atoms with Crippen molar-refractivity contribution in [3.8, 4) is 11.5 Å². The van der Waals surface area contributed by atoms with E-state index in [1.54, 1.807) is 19.2 Å². The quantitative estimate of drug-likeness (QED) is 0.377. The molecule has 4 rings (SSSR count). The molecule has 0 amide bonds. The van der Waals surface area contributed by atoms with E-state index in [4.69, 9.17) is 23.8 Å². The molecule has 2 aromatic rings. The molecular formula is C23H29FN3O10P. The highest BCUT2D eigenvalue weighted by Crippen LogP contribution is 2.41. The van der Waals surface area contributed by atoms with E-state index in [-0.39, 0.29) is 18.1 Å². The van der Waals surface area contributed by atoms with Crippen LogP contribution in [0.2, 0.25) is 0 Å². The molecule has 1 aliphatic carbocycles. The maximum absolute atomic E-state index is 15.2. The van der Waals surface area contributed by atoms with E-state index in [0.29, 0.717) is 6.10 Å². The number of H-pyrrole nitrogens is 1. The Hall–Kier alpha value is -3.16. The maximum Gasteiger partial charge on any atom is 0.395 e. The van der Waals surface area contributed by atoms with Gasteiger partial charge in [0.15, 0.2) is 23.7 Å². The summed E-state index contributed by atoms with van der Waals surface area (Å²) in [5, 5.41) is 19.3. The number of ether oxygens (including phenoxy) is 3. The Balaban J connectivity index is 0.000000715. The number of carboxylic acid groups (broad SMARTS) is 1. The number of aromatic amines is 1. The number of aromatic nitrogens is 2. The van der Waals surface area contributed by atoms with Gasteiger partial charge in [-0.1, -0.05) is 16.9 Å². The first-order chi connectivity index (χ1) is 17.9. The Labute approximate surface area is 217 Å². The predicted molar refractivity (Wildman–Crippen MR) is 130 cm³/mol. The van der Waals surface area contributed by atoms with Gasteiger partial charge < -0.3 is 29.3 Å². The van der Waals surface area contributed by atoms with Gasteiger partial charge in [0.2, 0.25) is 5.75 Å². The largest absolute Gasteiger partial charge is 0.575 e. The van der Waals surface area contributed by atoms with E-state index in [1.807, 2.05) is 4.98 Å². The summed E-state index contributed by atoms with van der Waals surface area (Å²) in [7, 11) is -0.966. The molecule has 0 spiro atoms. The third-order valence-corrected chi connectivity index (χ3v) is 6.62. The Bertz CT molecular complexity index is 1260. The molecule has 2 fully saturated rings. The smallest absolute Gasteiger partial charge is 0.395 e. The summed E-state index contributed by atoms with van der Waals surface area (Å²) < 4.78 is 40.7. The van der Waals surface area contributed by atoms with Crippen molar-refractivity contribution in [2.24, 2.45) is 4.74 Å². The van der Waals surface area contributed by atoms with Gasteiger partial charge >= 0.3 is 19.8 Å². The average molecular weight is 557 g/mol. The molecule has 1 saturated heterocycles. The number of benzene rings is 1. The van der Waals surface area contributed by atoms with Crippen molar-refractivity contribution in [3.63, 3.8) is 0 Å². The number of halogens is 1. The molecule has 1 aliphatic heterocycles. The van der Waals surface area contributed by atoms with Crippen molar-refractivity contribution >= 4 is 14.1 Å². The van der Waals surface area contributed by atoms with Gasteiger partial charge in [-0.25, -0.2) is 14.0 Å². The SMILES string of the molecule is COC1CC1.C[C@H](N=[P+]([O-])Oc1ccccc1OC[C@H]1O[C@@H](n2ccc(=O)[nH]c2=O)[C@](C)(F)[C@@H]1O)C(=O)O. The fraction of sp³-hybridized carbons (Fsp3) is 0.522. The van der Waals surface area contributed by atoms with Crippen molar-refractivity contribution in [2.45, 2.75) is 62.9 Å². The standard InChI is InChI=1S/C19H21FN3O9P.C4H8O/c1-10(16(26)27)22-33(29)32-12-6-4-3-5-11(12)30-9-13-15(25)19(2,20)17(31-13)23-8-7-14(24)21-18(23)28;1-5-4-2-3-4/h3-8,10,13,15,17,25H,9H2,1-2H3,(H,26,27)(H,21,24,28);4H,2-3H2,1H3/t10-,13+,15+,17+,19+;/m0./s1. The minimum absolute atomic E-state index is 0.0242. The number of nitrogens with zero attached hydrogens (tertiary/aromatic N) is 2. The van der Waals surface area contributed by atoms with Crippen LogP contribution in [-0.2, 0) is 14.3 Å². The van der Waals surface area contributed by atoms with Crippen LogP contribution >= 0.6 is 8.17 Å². The number of nitrogens with one attached hydrogen (secondary N) is 1. The van der Waals surface area contributed by atoms with E-state index in [1.165, 1.54) is 31.9 Å². The first-order valence-corrected chi connectivity index (χ1v) is 12.7. The Morgan fingerprint density at radius 3 is 2.55 bits per heavy atom. The summed E-state index contributed by atoms with van der Waals surface area (Å²) in [6.07, 6.45) is -0.189. The van der Waals surface area contributed by atoms with Crippen LogP contribution in [0.4, 0.5) is 4.39 Å². The van der Waals surface area contributed by atoms with Crippen LogP contribution < -0.4 is 25.4 Å². The van der Waals surface area contributed by atoms with Crippen molar-refractivity contribution in [1.29, 1.82) is 0 Å². The molecule has 0 bridgehead atoms. The molecule has 2 heterocycles. The number of hydrogen-bond donors (Lipinski definition) is 3. The fourth-order valence-electron chi connectivity index (χ4n) is 3.38. The third kappa shape index (κ3) is 7.45. The molecule has 1 aromatic heterocycles. The second-order valence-electron chi connectivity index (χ2n) is 8.79. The molecule has 3 N–H and O–H groups in total. The van der Waals surface area contributed by atoms with E-state index in [0.717, 1.165) is 23.8 Å². The second kappa shape index (κ2) is 12.6. The van der Waals surface area contributed by atoms with Crippen LogP contribution in [0.25, 0.3) is 0 Å². The molecule has 13 nitrogen and oxygen atoms in total. The van der Waals surface area contributed by atoms with E-state index >= 15 is 4.39 Å². The lowest BCUT2D eigenvalue weighted by Crippen LogP contribution is -2.43. The fourth-order valence-corrected chi connectivity index (χ4v) is 4.13. The highest BCUT2D eigenvalue weighted by atomic mass is 31.1. The van der Waals surface area contributed by atoms with Crippen molar-refractivity contribution < 1.29 is 43.0 Å². The van der Waals surface area contributed by atoms with Gasteiger partial charge in [-0.3, -0.25) is 18.9 Å². The number of rotatable bonds is 9. The zero-order chi connectivity index (χ0) is 28.0. The minimum Gasteiger partial charge on any atom is -0.575 e. The summed E-state index contributed by atoms with van der Waals surface area (Å²) >= 11 is 0. The number of aliphatic hydroxyl groups is 1. The van der Waals surface area contributed by atoms with Crippen molar-refractivity contribution in [2.75, 3.05) is 13.7 Å². The third-order valence-electron chi connectivity index (χ3n) is 5.73. The second-order valence-corrected chi connectivity index (χ2v) is 9.68. The molecule has 38 heavy (non-hydrogen) atoms. The summed E-state index contributed by atoms with van der Waals surface area (Å²) in [5.41, 5.74) is -3.98. The molecule has 6 atom stereocenters. The lowest BCUT2D eigenvalue weighted by atomic mass is 9.98. The Morgan fingerprint density at radius 2 is 2.00 bits per heavy atom. The molecular weight excluding hydrogens is 528 g/mol. The number of carboxylic acids is 1. The minimum atomic E-state index is -2.73. The molecule has 0 radical (unpaired) electrons. The summed E-state index contributed by atoms with van der Waals surface area (Å²) in [5.74, 6) is -1.24. The lowest BCUT2D eigenvalue weighted by molar-refractivity contribution is -0.169. The van der Waals surface area contributed by atoms with E-state index in [2.05, 4.69) is 4.74 Å². The average Bonchev–Trinajstić information content (AvgIpc) is 3.67. The number of aliphatic carboxylic acids is 1. The monoisotopic (exact) mass is 557 g/mol. The van der Waals surface area contributed by atoms with Gasteiger partial charge in [-0.05, 0) is 38.8 Å². The number of carbonyl (C=O) groups is 1. The highest BCUT2D eigenvalue weighted by Gasteiger charge is 2.55. The van der Waals surface area contributed by atoms with Gasteiger partial charge in [0.05, 0.1) is 6.10 Å². The van der Waals surface area contributed by atoms with Gasteiger partial charge in [0, 0.05) is 19.4 Å². The lowest BCUT2D eigenvalue weighted by Gasteiger charge is -2.24. The van der Waals surface area contributed by atoms with Crippen LogP contribution in [0, 0.1) is 0 Å².